The summed E-state index contributed by atoms with van der Waals surface area (Å²) in [5, 5.41) is 7.24. The van der Waals surface area contributed by atoms with E-state index in [1.54, 1.807) is 0 Å². The van der Waals surface area contributed by atoms with Crippen LogP contribution < -0.4 is 15.4 Å². The predicted molar refractivity (Wildman–Crippen MR) is 129 cm³/mol. The summed E-state index contributed by atoms with van der Waals surface area (Å²) in [5.74, 6) is 1.24. The average Bonchev–Trinajstić information content (AvgIpc) is 3.00. The molecule has 1 aliphatic carbocycles. The molecule has 32 heavy (non-hydrogen) atoms. The minimum Gasteiger partial charge on any atom is -0.494 e. The first kappa shape index (κ1) is 20.4. The van der Waals surface area contributed by atoms with Crippen LogP contribution in [0.15, 0.2) is 90.1 Å². The standard InChI is InChI=1S/C28H28N2O2/c1-2-16-32-22-14-12-20(13-15-22)28-27-25(29-23-10-6-7-11-24(23)30-28)17-21(18-26(27)31)19-8-4-3-5-9-19/h3-15,21,28-30H,2,16-18H2,1H3/t21-,28-/m0/s1. The molecule has 1 heterocycles. The monoisotopic (exact) mass is 424 g/mol. The van der Waals surface area contributed by atoms with E-state index in [9.17, 15) is 4.79 Å². The molecular weight excluding hydrogens is 396 g/mol. The fraction of sp³-hybridized carbons (Fsp3) is 0.250. The van der Waals surface area contributed by atoms with Gasteiger partial charge in [0.1, 0.15) is 5.75 Å². The van der Waals surface area contributed by atoms with Crippen molar-refractivity contribution in [1.82, 2.24) is 0 Å². The molecular formula is C28H28N2O2. The summed E-state index contributed by atoms with van der Waals surface area (Å²) >= 11 is 0. The van der Waals surface area contributed by atoms with Crippen molar-refractivity contribution in [3.8, 4) is 5.75 Å². The van der Waals surface area contributed by atoms with Gasteiger partial charge in [-0.25, -0.2) is 0 Å². The highest BCUT2D eigenvalue weighted by atomic mass is 16.5. The Hall–Kier alpha value is -3.53. The van der Waals surface area contributed by atoms with E-state index in [0.29, 0.717) is 13.0 Å². The third-order valence-electron chi connectivity index (χ3n) is 6.27. The second-order valence-electron chi connectivity index (χ2n) is 8.50. The van der Waals surface area contributed by atoms with E-state index in [0.717, 1.165) is 46.8 Å². The van der Waals surface area contributed by atoms with Crippen molar-refractivity contribution >= 4 is 17.2 Å². The zero-order valence-corrected chi connectivity index (χ0v) is 18.3. The second-order valence-corrected chi connectivity index (χ2v) is 8.50. The molecule has 0 radical (unpaired) electrons. The van der Waals surface area contributed by atoms with Crippen molar-refractivity contribution in [1.29, 1.82) is 0 Å². The van der Waals surface area contributed by atoms with E-state index in [1.165, 1.54) is 5.56 Å². The van der Waals surface area contributed by atoms with Crippen LogP contribution in [0.4, 0.5) is 11.4 Å². The number of Topliss-reactive ketones (excluding diaryl/α,β-unsaturated/α-hetero) is 1. The SMILES string of the molecule is CCCOc1ccc([C@@H]2Nc3ccccc3NC3=C2C(=O)C[C@@H](c2ccccc2)C3)cc1. The summed E-state index contributed by atoms with van der Waals surface area (Å²) in [6, 6.07) is 26.5. The number of carbonyl (C=O) groups excluding carboxylic acids is 1. The lowest BCUT2D eigenvalue weighted by Gasteiger charge is -2.30. The number of fused-ring (bicyclic) bond motifs is 1. The molecule has 4 nitrogen and oxygen atoms in total. The third-order valence-corrected chi connectivity index (χ3v) is 6.27. The fourth-order valence-electron chi connectivity index (χ4n) is 4.68. The lowest BCUT2D eigenvalue weighted by molar-refractivity contribution is -0.116. The van der Waals surface area contributed by atoms with Crippen molar-refractivity contribution in [2.45, 2.75) is 38.1 Å². The Morgan fingerprint density at radius 2 is 1.56 bits per heavy atom. The molecule has 162 valence electrons. The maximum atomic E-state index is 13.5. The van der Waals surface area contributed by atoms with E-state index in [1.807, 2.05) is 42.5 Å². The van der Waals surface area contributed by atoms with Crippen molar-refractivity contribution in [2.24, 2.45) is 0 Å². The van der Waals surface area contributed by atoms with Gasteiger partial charge in [-0.05, 0) is 54.2 Å². The van der Waals surface area contributed by atoms with Crippen LogP contribution in [0.2, 0.25) is 0 Å². The largest absolute Gasteiger partial charge is 0.494 e. The molecule has 2 atom stereocenters. The van der Waals surface area contributed by atoms with Crippen molar-refractivity contribution in [2.75, 3.05) is 17.2 Å². The Kier molecular flexibility index (Phi) is 5.68. The van der Waals surface area contributed by atoms with E-state index in [-0.39, 0.29) is 17.7 Å². The van der Waals surface area contributed by atoms with Gasteiger partial charge in [0.15, 0.2) is 5.78 Å². The zero-order chi connectivity index (χ0) is 21.9. The molecule has 0 fully saturated rings. The highest BCUT2D eigenvalue weighted by Gasteiger charge is 2.35. The Morgan fingerprint density at radius 1 is 0.844 bits per heavy atom. The lowest BCUT2D eigenvalue weighted by Crippen LogP contribution is -2.26. The Bertz CT molecular complexity index is 1140. The second kappa shape index (κ2) is 8.91. The number of rotatable bonds is 5. The summed E-state index contributed by atoms with van der Waals surface area (Å²) in [4.78, 5) is 13.5. The van der Waals surface area contributed by atoms with Gasteiger partial charge in [0.05, 0.1) is 24.0 Å². The quantitative estimate of drug-likeness (QED) is 0.494. The van der Waals surface area contributed by atoms with Crippen molar-refractivity contribution in [3.05, 3.63) is 101 Å². The van der Waals surface area contributed by atoms with Gasteiger partial charge >= 0.3 is 0 Å². The maximum Gasteiger partial charge on any atom is 0.163 e. The number of carbonyl (C=O) groups is 1. The molecule has 0 spiro atoms. The molecule has 2 N–H and O–H groups in total. The number of hydrogen-bond donors (Lipinski definition) is 2. The molecule has 0 unspecified atom stereocenters. The van der Waals surface area contributed by atoms with Crippen LogP contribution >= 0.6 is 0 Å². The molecule has 0 bridgehead atoms. The number of para-hydroxylation sites is 2. The fourth-order valence-corrected chi connectivity index (χ4v) is 4.68. The smallest absolute Gasteiger partial charge is 0.163 e. The van der Waals surface area contributed by atoms with Crippen LogP contribution in [0.1, 0.15) is 49.3 Å². The van der Waals surface area contributed by atoms with Gasteiger partial charge in [0.25, 0.3) is 0 Å². The summed E-state index contributed by atoms with van der Waals surface area (Å²) in [7, 11) is 0. The normalized spacial score (nSPS) is 19.8. The number of ketones is 1. The van der Waals surface area contributed by atoms with E-state index in [2.05, 4.69) is 54.0 Å². The van der Waals surface area contributed by atoms with Crippen molar-refractivity contribution < 1.29 is 9.53 Å². The van der Waals surface area contributed by atoms with Crippen LogP contribution in [0.25, 0.3) is 0 Å². The van der Waals surface area contributed by atoms with Crippen LogP contribution in [0.5, 0.6) is 5.75 Å². The summed E-state index contributed by atoms with van der Waals surface area (Å²) < 4.78 is 5.76. The number of anilines is 2. The zero-order valence-electron chi connectivity index (χ0n) is 18.3. The average molecular weight is 425 g/mol. The topological polar surface area (TPSA) is 50.4 Å². The Balaban J connectivity index is 1.54. The first-order valence-electron chi connectivity index (χ1n) is 11.4. The molecule has 5 rings (SSSR count). The van der Waals surface area contributed by atoms with Crippen LogP contribution in [0, 0.1) is 0 Å². The summed E-state index contributed by atoms with van der Waals surface area (Å²) in [6.45, 7) is 2.80. The predicted octanol–water partition coefficient (Wildman–Crippen LogP) is 6.45. The first-order chi connectivity index (χ1) is 15.7. The van der Waals surface area contributed by atoms with E-state index >= 15 is 0 Å². The van der Waals surface area contributed by atoms with Gasteiger partial charge in [0.2, 0.25) is 0 Å². The highest BCUT2D eigenvalue weighted by molar-refractivity contribution is 6.01. The third kappa shape index (κ3) is 4.01. The molecule has 1 aliphatic heterocycles. The molecule has 0 amide bonds. The molecule has 3 aromatic carbocycles. The van der Waals surface area contributed by atoms with Gasteiger partial charge in [-0.2, -0.15) is 0 Å². The number of nitrogens with one attached hydrogen (secondary N) is 2. The van der Waals surface area contributed by atoms with E-state index in [4.69, 9.17) is 4.74 Å². The van der Waals surface area contributed by atoms with Gasteiger partial charge in [-0.15, -0.1) is 0 Å². The molecule has 0 saturated heterocycles. The number of allylic oxidation sites excluding steroid dienone is 1. The van der Waals surface area contributed by atoms with Gasteiger partial charge < -0.3 is 15.4 Å². The van der Waals surface area contributed by atoms with Gasteiger partial charge in [0, 0.05) is 17.7 Å². The Labute approximate surface area is 189 Å². The lowest BCUT2D eigenvalue weighted by atomic mass is 9.78. The minimum absolute atomic E-state index is 0.186. The highest BCUT2D eigenvalue weighted by Crippen LogP contribution is 2.44. The molecule has 2 aliphatic rings. The molecule has 0 saturated carbocycles. The minimum atomic E-state index is -0.203. The maximum absolute atomic E-state index is 13.5. The first-order valence-corrected chi connectivity index (χ1v) is 11.4. The van der Waals surface area contributed by atoms with Crippen molar-refractivity contribution in [3.63, 3.8) is 0 Å². The Morgan fingerprint density at radius 3 is 2.31 bits per heavy atom. The molecule has 0 aromatic heterocycles. The number of ether oxygens (including phenoxy) is 1. The van der Waals surface area contributed by atoms with Crippen LogP contribution in [-0.4, -0.2) is 12.4 Å². The molecule has 3 aromatic rings. The van der Waals surface area contributed by atoms with Crippen LogP contribution in [0.3, 0.4) is 0 Å². The van der Waals surface area contributed by atoms with Gasteiger partial charge in [-0.3, -0.25) is 4.79 Å². The van der Waals surface area contributed by atoms with E-state index < -0.39 is 0 Å². The number of hydrogen-bond acceptors (Lipinski definition) is 4. The summed E-state index contributed by atoms with van der Waals surface area (Å²) in [5.41, 5.74) is 6.15. The number of benzene rings is 3. The van der Waals surface area contributed by atoms with Crippen LogP contribution in [-0.2, 0) is 4.79 Å². The summed E-state index contributed by atoms with van der Waals surface area (Å²) in [6.07, 6.45) is 2.31. The van der Waals surface area contributed by atoms with Gasteiger partial charge in [-0.1, -0.05) is 61.5 Å². The molecule has 4 heteroatoms.